The average molecular weight is 653 g/mol. The summed E-state index contributed by atoms with van der Waals surface area (Å²) in [7, 11) is 0. The van der Waals surface area contributed by atoms with Gasteiger partial charge in [0.15, 0.2) is 0 Å². The maximum absolute atomic E-state index is 14.0. The maximum atomic E-state index is 14.0. The Kier molecular flexibility index (Phi) is 11.2. The summed E-state index contributed by atoms with van der Waals surface area (Å²) >= 11 is 18.5. The Hall–Kier alpha value is -2.98. The molecule has 1 aliphatic rings. The molecule has 7 nitrogen and oxygen atoms in total. The fraction of sp³-hybridized carbons (Fsp3) is 0.161. The summed E-state index contributed by atoms with van der Waals surface area (Å²) in [5, 5.41) is 15.2. The van der Waals surface area contributed by atoms with Gasteiger partial charge in [-0.3, -0.25) is 4.79 Å². The molecule has 0 saturated carbocycles. The van der Waals surface area contributed by atoms with E-state index in [2.05, 4.69) is 5.32 Å². The van der Waals surface area contributed by atoms with Gasteiger partial charge in [-0.05, 0) is 85.1 Å². The Bertz CT molecular complexity index is 1650. The van der Waals surface area contributed by atoms with E-state index in [1.165, 1.54) is 24.3 Å². The van der Waals surface area contributed by atoms with E-state index >= 15 is 0 Å². The second-order valence-electron chi connectivity index (χ2n) is 9.39. The third kappa shape index (κ3) is 8.15. The van der Waals surface area contributed by atoms with Gasteiger partial charge in [-0.1, -0.05) is 34.8 Å². The Morgan fingerprint density at radius 3 is 2.35 bits per heavy atom. The summed E-state index contributed by atoms with van der Waals surface area (Å²) in [5.41, 5.74) is 1.36. The summed E-state index contributed by atoms with van der Waals surface area (Å²) in [6.45, 7) is 0.448. The third-order valence-corrected chi connectivity index (χ3v) is 7.37. The molecule has 4 aromatic rings. The first-order chi connectivity index (χ1) is 20.2. The molecule has 0 aliphatic carbocycles. The van der Waals surface area contributed by atoms with E-state index in [1.54, 1.807) is 48.5 Å². The summed E-state index contributed by atoms with van der Waals surface area (Å²) in [5.74, 6) is -0.952. The summed E-state index contributed by atoms with van der Waals surface area (Å²) in [4.78, 5) is 24.2. The van der Waals surface area contributed by atoms with Crippen LogP contribution in [0.1, 0.15) is 33.8 Å². The summed E-state index contributed by atoms with van der Waals surface area (Å²) in [6, 6.07) is 18.3. The first kappa shape index (κ1) is 32.9. The second kappa shape index (κ2) is 14.7. The zero-order chi connectivity index (χ0) is 29.8. The van der Waals surface area contributed by atoms with Gasteiger partial charge >= 0.3 is 29.6 Å². The number of amides is 1. The van der Waals surface area contributed by atoms with Crippen LogP contribution >= 0.6 is 34.8 Å². The zero-order valence-corrected chi connectivity index (χ0v) is 27.1. The number of carboxylic acid groups (broad SMARTS) is 1. The number of rotatable bonds is 9. The number of benzene rings is 4. The van der Waals surface area contributed by atoms with E-state index in [0.29, 0.717) is 62.6 Å². The molecule has 0 aromatic heterocycles. The van der Waals surface area contributed by atoms with Gasteiger partial charge in [-0.2, -0.15) is 0 Å². The number of carbonyl (C=O) groups is 2. The van der Waals surface area contributed by atoms with E-state index in [9.17, 15) is 19.1 Å². The molecule has 1 N–H and O–H groups in total. The van der Waals surface area contributed by atoms with Crippen molar-refractivity contribution in [2.75, 3.05) is 13.2 Å². The van der Waals surface area contributed by atoms with Gasteiger partial charge in [-0.15, -0.1) is 0 Å². The Labute approximate surface area is 284 Å². The molecule has 0 bridgehead atoms. The van der Waals surface area contributed by atoms with Gasteiger partial charge in [0, 0.05) is 40.6 Å². The van der Waals surface area contributed by atoms with Crippen molar-refractivity contribution in [3.63, 3.8) is 0 Å². The van der Waals surface area contributed by atoms with Gasteiger partial charge in [0.25, 0.3) is 5.91 Å². The first-order valence-electron chi connectivity index (χ1n) is 12.8. The van der Waals surface area contributed by atoms with Crippen molar-refractivity contribution in [1.29, 1.82) is 0 Å². The van der Waals surface area contributed by atoms with Crippen LogP contribution in [-0.4, -0.2) is 25.0 Å². The van der Waals surface area contributed by atoms with E-state index in [1.807, 2.05) is 0 Å². The topological polar surface area (TPSA) is 96.9 Å². The molecule has 216 valence electrons. The molecule has 1 unspecified atom stereocenters. The smallest absolute Gasteiger partial charge is 0.549 e. The standard InChI is InChI=1S/C31H23Cl3FNO6.Na/c32-19-3-7-27(24(33)14-19)42-26-8-4-20(35)13-18(26)9-11-36-30(37)17-1-5-21(6-2-17)41-29-16-28-23(15-25(29)34)22(31(38)39)10-12-40-28;/h1-8,13-16,22H,9-12H2,(H,36,37)(H,38,39);/q;+1/p-1. The van der Waals surface area contributed by atoms with Crippen LogP contribution in [-0.2, 0) is 11.2 Å². The van der Waals surface area contributed by atoms with E-state index in [4.69, 9.17) is 49.0 Å². The zero-order valence-electron chi connectivity index (χ0n) is 22.8. The largest absolute Gasteiger partial charge is 1.00 e. The molecular weight excluding hydrogens is 631 g/mol. The SMILES string of the molecule is O=C(NCCc1cc(F)ccc1Oc1ccc(Cl)cc1Cl)c1ccc(Oc2cc3c(cc2Cl)C(C(=O)[O-])CCO3)cc1.[Na+]. The molecule has 4 aromatic carbocycles. The average Bonchev–Trinajstić information content (AvgIpc) is 2.96. The minimum Gasteiger partial charge on any atom is -0.549 e. The molecule has 0 radical (unpaired) electrons. The van der Waals surface area contributed by atoms with E-state index < -0.39 is 17.7 Å². The van der Waals surface area contributed by atoms with Crippen molar-refractivity contribution >= 4 is 46.7 Å². The molecule has 1 aliphatic heterocycles. The van der Waals surface area contributed by atoms with Gasteiger partial charge in [-0.25, -0.2) is 4.39 Å². The van der Waals surface area contributed by atoms with Crippen LogP contribution in [0.15, 0.2) is 72.8 Å². The van der Waals surface area contributed by atoms with Crippen molar-refractivity contribution < 1.29 is 62.9 Å². The fourth-order valence-corrected chi connectivity index (χ4v) is 5.10. The molecule has 43 heavy (non-hydrogen) atoms. The minimum atomic E-state index is -1.19. The number of nitrogens with one attached hydrogen (secondary N) is 1. The Morgan fingerprint density at radius 2 is 1.63 bits per heavy atom. The van der Waals surface area contributed by atoms with Crippen LogP contribution < -0.4 is 54.2 Å². The number of halogens is 4. The van der Waals surface area contributed by atoms with E-state index in [-0.39, 0.29) is 59.4 Å². The minimum absolute atomic E-state index is 0. The van der Waals surface area contributed by atoms with Crippen molar-refractivity contribution in [3.8, 4) is 28.7 Å². The number of carbonyl (C=O) groups excluding carboxylic acids is 2. The van der Waals surface area contributed by atoms with Gasteiger partial charge in [0.05, 0.1) is 16.7 Å². The number of hydrogen-bond acceptors (Lipinski definition) is 6. The molecule has 1 amide bonds. The normalized spacial score (nSPS) is 13.6. The van der Waals surface area contributed by atoms with Crippen molar-refractivity contribution in [1.82, 2.24) is 5.32 Å². The number of aliphatic carboxylic acids is 1. The van der Waals surface area contributed by atoms with Crippen LogP contribution in [0, 0.1) is 5.82 Å². The van der Waals surface area contributed by atoms with E-state index in [0.717, 1.165) is 0 Å². The number of carboxylic acids is 1. The van der Waals surface area contributed by atoms with Crippen LogP contribution in [0.5, 0.6) is 28.7 Å². The van der Waals surface area contributed by atoms with Crippen molar-refractivity contribution in [3.05, 3.63) is 110 Å². The predicted octanol–water partition coefficient (Wildman–Crippen LogP) is 3.96. The fourth-order valence-electron chi connectivity index (χ4n) is 4.45. The van der Waals surface area contributed by atoms with Gasteiger partial charge in [0.1, 0.15) is 34.6 Å². The Morgan fingerprint density at radius 1 is 0.907 bits per heavy atom. The van der Waals surface area contributed by atoms with Crippen LogP contribution in [0.2, 0.25) is 15.1 Å². The monoisotopic (exact) mass is 651 g/mol. The van der Waals surface area contributed by atoms with Crippen LogP contribution in [0.4, 0.5) is 4.39 Å². The quantitative estimate of drug-likeness (QED) is 0.275. The second-order valence-corrected chi connectivity index (χ2v) is 10.6. The maximum Gasteiger partial charge on any atom is 1.00 e. The first-order valence-corrected chi connectivity index (χ1v) is 14.0. The summed E-state index contributed by atoms with van der Waals surface area (Å²) in [6.07, 6.45) is 0.591. The molecule has 1 atom stereocenters. The van der Waals surface area contributed by atoms with Gasteiger partial charge in [0.2, 0.25) is 0 Å². The third-order valence-electron chi connectivity index (χ3n) is 6.55. The number of hydrogen-bond donors (Lipinski definition) is 1. The molecule has 0 fully saturated rings. The molecular formula is C31H22Cl3FNNaO6. The van der Waals surface area contributed by atoms with Crippen LogP contribution in [0.25, 0.3) is 0 Å². The Balaban J connectivity index is 0.00000423. The molecule has 5 rings (SSSR count). The van der Waals surface area contributed by atoms with Crippen LogP contribution in [0.3, 0.4) is 0 Å². The molecule has 0 saturated heterocycles. The van der Waals surface area contributed by atoms with Gasteiger partial charge < -0.3 is 29.4 Å². The number of ether oxygens (including phenoxy) is 3. The molecule has 12 heteroatoms. The summed E-state index contributed by atoms with van der Waals surface area (Å²) < 4.78 is 31.3. The number of fused-ring (bicyclic) bond motifs is 1. The predicted molar refractivity (Wildman–Crippen MR) is 155 cm³/mol. The van der Waals surface area contributed by atoms with Crippen molar-refractivity contribution in [2.24, 2.45) is 0 Å². The molecule has 0 spiro atoms. The molecule has 1 heterocycles. The van der Waals surface area contributed by atoms with Crippen molar-refractivity contribution in [2.45, 2.75) is 18.8 Å².